The average Bonchev–Trinajstić information content (AvgIpc) is 3.39. The molecule has 1 aliphatic rings. The fraction of sp³-hybridized carbons (Fsp3) is 0.400. The zero-order valence-corrected chi connectivity index (χ0v) is 22.7. The van der Waals surface area contributed by atoms with Crippen LogP contribution in [-0.4, -0.2) is 68.3 Å². The summed E-state index contributed by atoms with van der Waals surface area (Å²) >= 11 is 0. The third-order valence-corrected chi connectivity index (χ3v) is 5.71. The van der Waals surface area contributed by atoms with Crippen molar-refractivity contribution in [2.24, 2.45) is 10.2 Å². The van der Waals surface area contributed by atoms with Crippen LogP contribution in [0.3, 0.4) is 0 Å². The Bertz CT molecular complexity index is 1580. The number of aryl methyl sites for hydroxylation is 1. The molecular formula is C25H27N7O9. The molecule has 16 nitrogen and oxygen atoms in total. The van der Waals surface area contributed by atoms with Gasteiger partial charge in [0.05, 0.1) is 5.69 Å². The third-order valence-electron chi connectivity index (χ3n) is 5.71. The minimum Gasteiger partial charge on any atom is -0.463 e. The van der Waals surface area contributed by atoms with Crippen molar-refractivity contribution in [2.75, 3.05) is 11.9 Å². The molecule has 1 amide bonds. The van der Waals surface area contributed by atoms with Gasteiger partial charge in [0.1, 0.15) is 12.7 Å². The monoisotopic (exact) mass is 569 g/mol. The first-order valence-electron chi connectivity index (χ1n) is 12.3. The number of hydrogen-bond donors (Lipinski definition) is 2. The van der Waals surface area contributed by atoms with Crippen molar-refractivity contribution in [2.45, 2.75) is 59.2 Å². The van der Waals surface area contributed by atoms with Crippen molar-refractivity contribution < 1.29 is 38.1 Å². The van der Waals surface area contributed by atoms with Gasteiger partial charge in [0.25, 0.3) is 11.5 Å². The number of rotatable bonds is 8. The number of imidazole rings is 1. The lowest BCUT2D eigenvalue weighted by atomic mass is 10.1. The van der Waals surface area contributed by atoms with Crippen molar-refractivity contribution in [1.29, 1.82) is 0 Å². The van der Waals surface area contributed by atoms with Gasteiger partial charge in [-0.25, -0.2) is 4.98 Å². The smallest absolute Gasteiger partial charge is 0.303 e. The number of amides is 1. The Balaban J connectivity index is 1.91. The lowest BCUT2D eigenvalue weighted by Crippen LogP contribution is -2.40. The molecule has 0 saturated carbocycles. The van der Waals surface area contributed by atoms with E-state index in [1.54, 1.807) is 12.1 Å². The number of esters is 3. The minimum atomic E-state index is -1.35. The zero-order chi connectivity index (χ0) is 29.8. The summed E-state index contributed by atoms with van der Waals surface area (Å²) in [7, 11) is 0. The van der Waals surface area contributed by atoms with Gasteiger partial charge >= 0.3 is 17.9 Å². The number of aromatic amines is 1. The highest BCUT2D eigenvalue weighted by atomic mass is 16.7. The van der Waals surface area contributed by atoms with Gasteiger partial charge in [0.15, 0.2) is 29.6 Å². The van der Waals surface area contributed by atoms with Crippen LogP contribution in [0.4, 0.5) is 17.6 Å². The van der Waals surface area contributed by atoms with Crippen LogP contribution in [0.25, 0.3) is 11.2 Å². The van der Waals surface area contributed by atoms with Gasteiger partial charge in [-0.05, 0) is 19.1 Å². The molecule has 16 heteroatoms. The Morgan fingerprint density at radius 3 is 2.24 bits per heavy atom. The summed E-state index contributed by atoms with van der Waals surface area (Å²) < 4.78 is 23.4. The van der Waals surface area contributed by atoms with Crippen LogP contribution in [0, 0.1) is 6.92 Å². The molecule has 1 aliphatic heterocycles. The number of benzene rings is 1. The number of aromatic nitrogens is 4. The molecule has 2 aromatic heterocycles. The molecule has 0 bridgehead atoms. The topological polar surface area (TPSA) is 206 Å². The van der Waals surface area contributed by atoms with Crippen molar-refractivity contribution in [3.8, 4) is 0 Å². The number of hydrogen-bond acceptors (Lipinski definition) is 13. The van der Waals surface area contributed by atoms with Crippen molar-refractivity contribution >= 4 is 52.6 Å². The highest BCUT2D eigenvalue weighted by molar-refractivity contribution is 5.87. The lowest BCUT2D eigenvalue weighted by molar-refractivity contribution is -0.166. The van der Waals surface area contributed by atoms with Crippen LogP contribution >= 0.6 is 0 Å². The lowest BCUT2D eigenvalue weighted by Gasteiger charge is -2.24. The number of nitrogens with zero attached hydrogens (tertiary/aromatic N) is 5. The number of H-pyrrole nitrogens is 1. The first-order chi connectivity index (χ1) is 19.4. The number of nitrogens with one attached hydrogen (secondary N) is 2. The molecule has 3 heterocycles. The first-order valence-corrected chi connectivity index (χ1v) is 12.3. The van der Waals surface area contributed by atoms with Crippen LogP contribution in [0.2, 0.25) is 0 Å². The highest BCUT2D eigenvalue weighted by Crippen LogP contribution is 2.39. The van der Waals surface area contributed by atoms with Gasteiger partial charge in [0.2, 0.25) is 11.9 Å². The molecule has 0 radical (unpaired) electrons. The van der Waals surface area contributed by atoms with Gasteiger partial charge in [-0.2, -0.15) is 4.98 Å². The first kappa shape index (κ1) is 29.0. The van der Waals surface area contributed by atoms with Crippen LogP contribution in [0.5, 0.6) is 0 Å². The SMILES string of the molecule is CC(=O)Nc1nc2c(nc(N=Nc3ccc(C)cc3)n2[C@@H]2O[C@H](COC(C)=O)C(OC(C)=O)[C@@H]2OC(C)=O)c(=O)[nH]1. The van der Waals surface area contributed by atoms with E-state index < -0.39 is 53.9 Å². The predicted molar refractivity (Wildman–Crippen MR) is 139 cm³/mol. The van der Waals surface area contributed by atoms with Crippen molar-refractivity contribution in [3.05, 3.63) is 40.2 Å². The number of ether oxygens (including phenoxy) is 4. The van der Waals surface area contributed by atoms with E-state index in [2.05, 4.69) is 30.5 Å². The number of fused-ring (bicyclic) bond motifs is 1. The van der Waals surface area contributed by atoms with Crippen LogP contribution in [-0.2, 0) is 38.1 Å². The summed E-state index contributed by atoms with van der Waals surface area (Å²) in [6, 6.07) is 7.07. The predicted octanol–water partition coefficient (Wildman–Crippen LogP) is 2.13. The second kappa shape index (κ2) is 12.0. The summed E-state index contributed by atoms with van der Waals surface area (Å²) in [5.41, 5.74) is 0.418. The largest absolute Gasteiger partial charge is 0.463 e. The standard InChI is InChI=1S/C25H27N7O9/c1-11-6-8-16(9-7-11)30-31-25-27-18-21(28-24(26-12(2)33)29-22(18)37)32(25)23-20(40-15(5)36)19(39-14(4)35)17(41-23)10-38-13(3)34/h6-9,17,19-20,23H,10H2,1-5H3,(H2,26,28,29,33,37)/t17-,19?,20+,23-/m1/s1. The number of anilines is 1. The van der Waals surface area contributed by atoms with Crippen LogP contribution < -0.4 is 10.9 Å². The Labute approximate surface area is 232 Å². The Morgan fingerprint density at radius 2 is 1.63 bits per heavy atom. The van der Waals surface area contributed by atoms with Gasteiger partial charge < -0.3 is 18.9 Å². The fourth-order valence-corrected chi connectivity index (χ4v) is 4.12. The summed E-state index contributed by atoms with van der Waals surface area (Å²) in [4.78, 5) is 71.3. The molecule has 4 rings (SSSR count). The van der Waals surface area contributed by atoms with Crippen LogP contribution in [0.1, 0.15) is 39.5 Å². The van der Waals surface area contributed by atoms with E-state index >= 15 is 0 Å². The van der Waals surface area contributed by atoms with E-state index in [1.807, 2.05) is 19.1 Å². The second-order valence-corrected chi connectivity index (χ2v) is 9.10. The van der Waals surface area contributed by atoms with Gasteiger partial charge in [0, 0.05) is 27.7 Å². The van der Waals surface area contributed by atoms with E-state index in [1.165, 1.54) is 18.4 Å². The molecule has 2 N–H and O–H groups in total. The summed E-state index contributed by atoms with van der Waals surface area (Å²) in [5.74, 6) is -2.99. The van der Waals surface area contributed by atoms with Crippen molar-refractivity contribution in [1.82, 2.24) is 19.5 Å². The molecule has 1 unspecified atom stereocenters. The third kappa shape index (κ3) is 6.78. The number of carbonyl (C=O) groups excluding carboxylic acids is 4. The highest BCUT2D eigenvalue weighted by Gasteiger charge is 2.52. The van der Waals surface area contributed by atoms with Crippen molar-refractivity contribution in [3.63, 3.8) is 0 Å². The Morgan fingerprint density at radius 1 is 0.976 bits per heavy atom. The zero-order valence-electron chi connectivity index (χ0n) is 22.7. The van der Waals surface area contributed by atoms with Gasteiger partial charge in [-0.1, -0.05) is 17.7 Å². The molecule has 1 aromatic carbocycles. The molecule has 3 aromatic rings. The molecule has 1 fully saturated rings. The van der Waals surface area contributed by atoms with E-state index in [-0.39, 0.29) is 29.7 Å². The summed E-state index contributed by atoms with van der Waals surface area (Å²) in [5, 5.41) is 10.8. The molecule has 1 saturated heterocycles. The minimum absolute atomic E-state index is 0.118. The fourth-order valence-electron chi connectivity index (χ4n) is 4.12. The molecule has 0 spiro atoms. The summed E-state index contributed by atoms with van der Waals surface area (Å²) in [6.45, 7) is 6.24. The maximum Gasteiger partial charge on any atom is 0.303 e. The normalized spacial score (nSPS) is 20.2. The van der Waals surface area contributed by atoms with Gasteiger partial charge in [-0.15, -0.1) is 10.2 Å². The molecule has 216 valence electrons. The number of azo groups is 1. The van der Waals surface area contributed by atoms with Crippen LogP contribution in [0.15, 0.2) is 39.3 Å². The molecule has 0 aliphatic carbocycles. The Kier molecular flexibility index (Phi) is 8.51. The summed E-state index contributed by atoms with van der Waals surface area (Å²) in [6.07, 6.45) is -5.02. The molecular weight excluding hydrogens is 542 g/mol. The quantitative estimate of drug-likeness (QED) is 0.228. The van der Waals surface area contributed by atoms with E-state index in [0.717, 1.165) is 19.4 Å². The van der Waals surface area contributed by atoms with E-state index in [0.29, 0.717) is 5.69 Å². The average molecular weight is 570 g/mol. The maximum atomic E-state index is 12.9. The molecule has 41 heavy (non-hydrogen) atoms. The van der Waals surface area contributed by atoms with E-state index in [9.17, 15) is 24.0 Å². The van der Waals surface area contributed by atoms with E-state index in [4.69, 9.17) is 18.9 Å². The molecule has 4 atom stereocenters. The number of carbonyl (C=O) groups is 4. The maximum absolute atomic E-state index is 12.9. The van der Waals surface area contributed by atoms with Gasteiger partial charge in [-0.3, -0.25) is 38.8 Å². The second-order valence-electron chi connectivity index (χ2n) is 9.10. The Hall–Kier alpha value is -4.99.